The van der Waals surface area contributed by atoms with E-state index >= 15 is 0 Å². The number of hydrogen-bond acceptors (Lipinski definition) is 0. The van der Waals surface area contributed by atoms with E-state index in [0.717, 1.165) is 0 Å². The van der Waals surface area contributed by atoms with Gasteiger partial charge in [0, 0.05) is 37.2 Å². The van der Waals surface area contributed by atoms with Crippen LogP contribution in [0.5, 0.6) is 0 Å². The summed E-state index contributed by atoms with van der Waals surface area (Å²) in [6, 6.07) is 0. The van der Waals surface area contributed by atoms with Gasteiger partial charge in [0.2, 0.25) is 0 Å². The fraction of sp³-hybridized carbons (Fsp3) is 1.00. The van der Waals surface area contributed by atoms with E-state index in [4.69, 9.17) is 0 Å². The van der Waals surface area contributed by atoms with Gasteiger partial charge < -0.3 is 0 Å². The van der Waals surface area contributed by atoms with Crippen LogP contribution in [0.3, 0.4) is 0 Å². The minimum Gasteiger partial charge on any atom is -0.0743 e. The highest BCUT2D eigenvalue weighted by Gasteiger charge is 2.64. The molecule has 1 saturated heterocycles. The Morgan fingerprint density at radius 1 is 0.733 bits per heavy atom. The zero-order valence-corrected chi connectivity index (χ0v) is 17.4. The van der Waals surface area contributed by atoms with Crippen molar-refractivity contribution < 1.29 is 0 Å². The molecule has 0 aromatic carbocycles. The smallest absolute Gasteiger partial charge is 0.0354 e. The average Bonchev–Trinajstić information content (AvgIpc) is 2.00. The fourth-order valence-corrected chi connectivity index (χ4v) is 135. The van der Waals surface area contributed by atoms with Gasteiger partial charge >= 0.3 is 0 Å². The van der Waals surface area contributed by atoms with Crippen molar-refractivity contribution >= 4 is 37.2 Å². The lowest BCUT2D eigenvalue weighted by Gasteiger charge is -2.62. The number of hydrogen-bond donors (Lipinski definition) is 0. The molecule has 0 nitrogen and oxygen atoms in total. The summed E-state index contributed by atoms with van der Waals surface area (Å²) in [6.07, 6.45) is 0. The quantitative estimate of drug-likeness (QED) is 0.599. The lowest BCUT2D eigenvalue weighted by atomic mass is 11.8. The lowest BCUT2D eigenvalue weighted by molar-refractivity contribution is 1.63. The Labute approximate surface area is 102 Å². The van der Waals surface area contributed by atoms with Crippen LogP contribution in [0.25, 0.3) is 0 Å². The highest BCUT2D eigenvalue weighted by atomic mass is 29.9. The van der Waals surface area contributed by atoms with Gasteiger partial charge in [0.15, 0.2) is 0 Å². The molecule has 1 unspecified atom stereocenters. The first-order valence-electron chi connectivity index (χ1n) is 6.38. The molecular formula is C10H30Si5. The molecule has 1 aliphatic heterocycles. The van der Waals surface area contributed by atoms with Crippen LogP contribution in [0.2, 0.25) is 64.6 Å². The second-order valence-electron chi connectivity index (χ2n) is 7.96. The molecule has 1 fully saturated rings. The molecule has 15 heavy (non-hydrogen) atoms. The molecular weight excluding hydrogens is 261 g/mol. The van der Waals surface area contributed by atoms with E-state index in [1.165, 1.54) is 0 Å². The van der Waals surface area contributed by atoms with Crippen LogP contribution in [-0.2, 0) is 0 Å². The van der Waals surface area contributed by atoms with E-state index < -0.39 is 28.9 Å². The third-order valence-electron chi connectivity index (χ3n) is 6.91. The van der Waals surface area contributed by atoms with Gasteiger partial charge in [-0.2, -0.15) is 0 Å². The molecule has 1 rings (SSSR count). The van der Waals surface area contributed by atoms with Gasteiger partial charge in [0.25, 0.3) is 0 Å². The van der Waals surface area contributed by atoms with E-state index in [1.807, 2.05) is 0 Å². The first-order chi connectivity index (χ1) is 6.38. The third-order valence-corrected chi connectivity index (χ3v) is 105. The molecule has 0 aliphatic carbocycles. The van der Waals surface area contributed by atoms with Crippen LogP contribution >= 0.6 is 0 Å². The van der Waals surface area contributed by atoms with Crippen LogP contribution in [0, 0.1) is 0 Å². The maximum atomic E-state index is 2.79. The van der Waals surface area contributed by atoms with E-state index in [9.17, 15) is 0 Å². The maximum Gasteiger partial charge on any atom is 0.0354 e. The van der Waals surface area contributed by atoms with Crippen LogP contribution in [0.1, 0.15) is 0 Å². The summed E-state index contributed by atoms with van der Waals surface area (Å²) < 4.78 is 0. The molecule has 0 bridgehead atoms. The van der Waals surface area contributed by atoms with Gasteiger partial charge in [-0.25, -0.2) is 0 Å². The third kappa shape index (κ3) is 1.69. The Kier molecular flexibility index (Phi) is 3.34. The van der Waals surface area contributed by atoms with E-state index in [-0.39, 0.29) is 8.31 Å². The van der Waals surface area contributed by atoms with E-state index in [0.29, 0.717) is 0 Å². The monoisotopic (exact) mass is 290 g/mol. The highest BCUT2D eigenvalue weighted by Crippen LogP contribution is 2.43. The second-order valence-corrected chi connectivity index (χ2v) is 60.1. The van der Waals surface area contributed by atoms with Crippen LogP contribution in [-0.4, -0.2) is 37.2 Å². The minimum absolute atomic E-state index is 0.339. The summed E-state index contributed by atoms with van der Waals surface area (Å²) in [6.45, 7) is 24.9. The van der Waals surface area contributed by atoms with Crippen molar-refractivity contribution in [2.24, 2.45) is 0 Å². The first kappa shape index (κ1) is 14.1. The van der Waals surface area contributed by atoms with Gasteiger partial charge in [-0.3, -0.25) is 0 Å². The lowest BCUT2D eigenvalue weighted by Crippen LogP contribution is -2.87. The standard InChI is InChI=1S/C10H30Si5/c1-11-10-12(2,3)14(6,7)15(8,9)13(11,4)5/h11H,10H2,1-9H3. The van der Waals surface area contributed by atoms with Crippen molar-refractivity contribution in [3.8, 4) is 0 Å². The SMILES string of the molecule is C[SiH]1C[Si](C)(C)[Si](C)(C)[Si](C)(C)[Si]1(C)C. The Morgan fingerprint density at radius 3 is 1.53 bits per heavy atom. The first-order valence-corrected chi connectivity index (χ1v) is 25.4. The molecule has 0 amide bonds. The van der Waals surface area contributed by atoms with Crippen LogP contribution in [0.4, 0.5) is 0 Å². The van der Waals surface area contributed by atoms with Crippen molar-refractivity contribution in [1.29, 1.82) is 0 Å². The molecule has 0 spiro atoms. The molecule has 0 aromatic heterocycles. The molecule has 0 N–H and O–H groups in total. The Hall–Kier alpha value is 1.08. The van der Waals surface area contributed by atoms with E-state index in [2.05, 4.69) is 58.9 Å². The van der Waals surface area contributed by atoms with Crippen molar-refractivity contribution in [2.45, 2.75) is 64.6 Å². The predicted octanol–water partition coefficient (Wildman–Crippen LogP) is 3.54. The minimum atomic E-state index is -0.849. The van der Waals surface area contributed by atoms with Crippen molar-refractivity contribution in [3.05, 3.63) is 0 Å². The molecule has 1 atom stereocenters. The summed E-state index contributed by atoms with van der Waals surface area (Å²) in [4.78, 5) is 0. The summed E-state index contributed by atoms with van der Waals surface area (Å²) in [5.74, 6) is 0. The van der Waals surface area contributed by atoms with Crippen LogP contribution in [0.15, 0.2) is 0 Å². The zero-order valence-electron chi connectivity index (χ0n) is 12.3. The second kappa shape index (κ2) is 3.54. The molecule has 5 heteroatoms. The van der Waals surface area contributed by atoms with Crippen LogP contribution < -0.4 is 0 Å². The van der Waals surface area contributed by atoms with Gasteiger partial charge in [-0.05, 0) is 0 Å². The summed E-state index contributed by atoms with van der Waals surface area (Å²) in [5, 5.41) is 0. The van der Waals surface area contributed by atoms with Crippen molar-refractivity contribution in [2.75, 3.05) is 0 Å². The molecule has 90 valence electrons. The summed E-state index contributed by atoms with van der Waals surface area (Å²) >= 11 is 0. The number of rotatable bonds is 0. The molecule has 0 radical (unpaired) electrons. The molecule has 1 aliphatic rings. The Balaban J connectivity index is 3.30. The molecule has 0 aromatic rings. The summed E-state index contributed by atoms with van der Waals surface area (Å²) in [7, 11) is -3.61. The topological polar surface area (TPSA) is 0 Å². The largest absolute Gasteiger partial charge is 0.0743 e. The van der Waals surface area contributed by atoms with Gasteiger partial charge in [0.05, 0.1) is 0 Å². The summed E-state index contributed by atoms with van der Waals surface area (Å²) in [5.41, 5.74) is 1.78. The maximum absolute atomic E-state index is 2.79. The Morgan fingerprint density at radius 2 is 1.13 bits per heavy atom. The fourth-order valence-electron chi connectivity index (χ4n) is 3.54. The van der Waals surface area contributed by atoms with Gasteiger partial charge in [-0.15, -0.1) is 0 Å². The Bertz CT molecular complexity index is 267. The van der Waals surface area contributed by atoms with Crippen molar-refractivity contribution in [3.63, 3.8) is 0 Å². The van der Waals surface area contributed by atoms with E-state index in [1.54, 1.807) is 5.67 Å². The highest BCUT2D eigenvalue weighted by molar-refractivity contribution is 7.93. The normalized spacial score (nSPS) is 36.2. The molecule has 0 saturated carbocycles. The average molecular weight is 291 g/mol. The van der Waals surface area contributed by atoms with Crippen molar-refractivity contribution in [1.82, 2.24) is 0 Å². The van der Waals surface area contributed by atoms with Gasteiger partial charge in [0.1, 0.15) is 0 Å². The van der Waals surface area contributed by atoms with Gasteiger partial charge in [-0.1, -0.05) is 64.6 Å². The molecule has 1 heterocycles. The predicted molar refractivity (Wildman–Crippen MR) is 87.7 cm³/mol. The zero-order chi connectivity index (χ0) is 12.3.